The Morgan fingerprint density at radius 2 is 1.26 bits per heavy atom. The lowest BCUT2D eigenvalue weighted by Gasteiger charge is -2.25. The molecule has 0 aliphatic rings. The molecule has 0 amide bonds. The van der Waals surface area contributed by atoms with Gasteiger partial charge in [-0.25, -0.2) is 8.42 Å². The lowest BCUT2D eigenvalue weighted by molar-refractivity contribution is 0.589. The van der Waals surface area contributed by atoms with Crippen LogP contribution in [0.2, 0.25) is 0 Å². The van der Waals surface area contributed by atoms with Gasteiger partial charge in [0, 0.05) is 5.75 Å². The van der Waals surface area contributed by atoms with Crippen molar-refractivity contribution in [2.45, 2.75) is 28.5 Å². The highest BCUT2D eigenvalue weighted by molar-refractivity contribution is 7.97. The summed E-state index contributed by atoms with van der Waals surface area (Å²) in [6.45, 7) is 3.77. The zero-order valence-electron chi connectivity index (χ0n) is 15.4. The van der Waals surface area contributed by atoms with Gasteiger partial charge in [0.25, 0.3) is 0 Å². The van der Waals surface area contributed by atoms with E-state index in [-0.39, 0.29) is 11.7 Å². The van der Waals surface area contributed by atoms with E-state index in [1.165, 1.54) is 0 Å². The van der Waals surface area contributed by atoms with Gasteiger partial charge >= 0.3 is 0 Å². The van der Waals surface area contributed by atoms with Crippen molar-refractivity contribution < 1.29 is 8.42 Å². The average Bonchev–Trinajstić information content (AvgIpc) is 2.64. The third-order valence-electron chi connectivity index (χ3n) is 3.82. The van der Waals surface area contributed by atoms with Crippen LogP contribution in [0.15, 0.2) is 99.6 Å². The maximum atomic E-state index is 12.5. The standard InChI is InChI=1S/C22H23NO2S2/c1-18(2)17-27(24,25)23-21-15-9-10-16-22(21)26(19-11-5-3-6-12-19)20-13-7-4-8-14-20/h3-16,18H,17H2,1-2H3. The molecule has 0 fully saturated rings. The normalized spacial score (nSPS) is 11.7. The van der Waals surface area contributed by atoms with Crippen LogP contribution in [0.5, 0.6) is 0 Å². The summed E-state index contributed by atoms with van der Waals surface area (Å²) < 4.78 is 29.2. The third-order valence-corrected chi connectivity index (χ3v) is 7.66. The summed E-state index contributed by atoms with van der Waals surface area (Å²) in [7, 11) is -3.96. The summed E-state index contributed by atoms with van der Waals surface area (Å²) in [5.74, 6) is 0.0820. The molecule has 0 aliphatic heterocycles. The Labute approximate surface area is 164 Å². The molecule has 3 aromatic rings. The Balaban J connectivity index is 2.09. The van der Waals surface area contributed by atoms with E-state index in [9.17, 15) is 8.42 Å². The number of hydrogen-bond acceptors (Lipinski definition) is 2. The first-order chi connectivity index (χ1) is 13.0. The largest absolute Gasteiger partial charge is 0.573 e. The van der Waals surface area contributed by atoms with Crippen molar-refractivity contribution in [1.82, 2.24) is 0 Å². The molecule has 5 heteroatoms. The maximum absolute atomic E-state index is 12.5. The third kappa shape index (κ3) is 5.15. The van der Waals surface area contributed by atoms with Crippen LogP contribution in [-0.2, 0) is 20.9 Å². The van der Waals surface area contributed by atoms with Crippen LogP contribution in [0.3, 0.4) is 0 Å². The van der Waals surface area contributed by atoms with Crippen LogP contribution in [0, 0.1) is 5.92 Å². The van der Waals surface area contributed by atoms with E-state index in [0.29, 0.717) is 5.69 Å². The minimum Gasteiger partial charge on any atom is -0.573 e. The Bertz CT molecular complexity index is 932. The summed E-state index contributed by atoms with van der Waals surface area (Å²) in [5.41, 5.74) is 0.522. The molecule has 140 valence electrons. The van der Waals surface area contributed by atoms with Gasteiger partial charge in [-0.2, -0.15) is 0 Å². The predicted molar refractivity (Wildman–Crippen MR) is 113 cm³/mol. The fraction of sp³-hybridized carbons (Fsp3) is 0.182. The average molecular weight is 398 g/mol. The molecule has 3 nitrogen and oxygen atoms in total. The molecule has 0 heterocycles. The molecule has 0 aliphatic carbocycles. The quantitative estimate of drug-likeness (QED) is 0.475. The molecule has 0 unspecified atom stereocenters. The first-order valence-electron chi connectivity index (χ1n) is 8.85. The van der Waals surface area contributed by atoms with Gasteiger partial charge in [-0.05, 0) is 36.2 Å². The van der Waals surface area contributed by atoms with E-state index in [0.717, 1.165) is 14.7 Å². The van der Waals surface area contributed by atoms with Gasteiger partial charge < -0.3 is 4.72 Å². The second kappa shape index (κ2) is 8.63. The van der Waals surface area contributed by atoms with Gasteiger partial charge in [0.1, 0.15) is 0 Å². The first kappa shape index (κ1) is 19.5. The monoisotopic (exact) mass is 397 g/mol. The van der Waals surface area contributed by atoms with Gasteiger partial charge in [0.2, 0.25) is 0 Å². The van der Waals surface area contributed by atoms with Crippen molar-refractivity contribution in [2.24, 2.45) is 5.92 Å². The molecule has 0 aromatic heterocycles. The van der Waals surface area contributed by atoms with Crippen LogP contribution in [0.25, 0.3) is 4.72 Å². The highest BCUT2D eigenvalue weighted by Gasteiger charge is 2.29. The number of hydrogen-bond donors (Lipinski definition) is 0. The Morgan fingerprint density at radius 3 is 1.78 bits per heavy atom. The molecular formula is C22H23NO2S2. The molecule has 0 N–H and O–H groups in total. The lowest BCUT2D eigenvalue weighted by atomic mass is 10.3. The first-order valence-corrected chi connectivity index (χ1v) is 11.7. The second-order valence-electron chi connectivity index (χ2n) is 6.63. The molecule has 27 heavy (non-hydrogen) atoms. The second-order valence-corrected chi connectivity index (χ2v) is 10.3. The fourth-order valence-electron chi connectivity index (χ4n) is 2.82. The van der Waals surface area contributed by atoms with Gasteiger partial charge in [-0.15, -0.1) is 0 Å². The van der Waals surface area contributed by atoms with Crippen molar-refractivity contribution in [3.05, 3.63) is 89.7 Å². The Morgan fingerprint density at radius 1 is 0.778 bits per heavy atom. The molecule has 3 aromatic carbocycles. The van der Waals surface area contributed by atoms with E-state index in [4.69, 9.17) is 0 Å². The number of benzene rings is 3. The van der Waals surface area contributed by atoms with Crippen LogP contribution >= 0.6 is 0 Å². The van der Waals surface area contributed by atoms with Crippen molar-refractivity contribution in [3.8, 4) is 0 Å². The Hall–Kier alpha value is -2.24. The molecule has 0 atom stereocenters. The van der Waals surface area contributed by atoms with E-state index >= 15 is 0 Å². The van der Waals surface area contributed by atoms with Gasteiger partial charge in [-0.3, -0.25) is 0 Å². The SMILES string of the molecule is CC(C)CS(=O)(=O)[N-]c1ccccc1[S+](c1ccccc1)c1ccccc1. The summed E-state index contributed by atoms with van der Waals surface area (Å²) >= 11 is 0. The highest BCUT2D eigenvalue weighted by atomic mass is 32.2. The van der Waals surface area contributed by atoms with Crippen LogP contribution in [-0.4, -0.2) is 14.2 Å². The van der Waals surface area contributed by atoms with Crippen molar-refractivity contribution in [3.63, 3.8) is 0 Å². The summed E-state index contributed by atoms with van der Waals surface area (Å²) in [6.07, 6.45) is 0. The maximum Gasteiger partial charge on any atom is 0.166 e. The minimum absolute atomic E-state index is 0.0346. The van der Waals surface area contributed by atoms with E-state index in [1.54, 1.807) is 6.07 Å². The van der Waals surface area contributed by atoms with E-state index in [1.807, 2.05) is 68.4 Å². The number of rotatable bonds is 7. The van der Waals surface area contributed by atoms with E-state index < -0.39 is 20.9 Å². The zero-order valence-corrected chi connectivity index (χ0v) is 17.1. The van der Waals surface area contributed by atoms with E-state index in [2.05, 4.69) is 29.0 Å². The van der Waals surface area contributed by atoms with Crippen LogP contribution in [0.1, 0.15) is 13.8 Å². The molecular weight excluding hydrogens is 374 g/mol. The van der Waals surface area contributed by atoms with Crippen LogP contribution in [0.4, 0.5) is 5.69 Å². The molecule has 0 saturated carbocycles. The topological polar surface area (TPSA) is 48.2 Å². The van der Waals surface area contributed by atoms with Crippen molar-refractivity contribution >= 4 is 26.6 Å². The van der Waals surface area contributed by atoms with Gasteiger partial charge in [0.15, 0.2) is 14.7 Å². The molecule has 0 saturated heterocycles. The summed E-state index contributed by atoms with van der Waals surface area (Å²) in [4.78, 5) is 3.18. The summed E-state index contributed by atoms with van der Waals surface area (Å²) in [5, 5.41) is 0. The Kier molecular flexibility index (Phi) is 6.24. The van der Waals surface area contributed by atoms with Crippen molar-refractivity contribution in [2.75, 3.05) is 5.75 Å². The minimum atomic E-state index is -3.52. The smallest absolute Gasteiger partial charge is 0.166 e. The number of sulfonamides is 1. The zero-order chi connectivity index (χ0) is 19.3. The predicted octanol–water partition coefficient (Wildman–Crippen LogP) is 5.77. The molecule has 0 spiro atoms. The molecule has 0 bridgehead atoms. The van der Waals surface area contributed by atoms with Crippen LogP contribution < -0.4 is 0 Å². The van der Waals surface area contributed by atoms with Gasteiger partial charge in [0.05, 0.1) is 20.9 Å². The van der Waals surface area contributed by atoms with Gasteiger partial charge in [-0.1, -0.05) is 74.1 Å². The van der Waals surface area contributed by atoms with Crippen molar-refractivity contribution in [1.29, 1.82) is 0 Å². The fourth-order valence-corrected chi connectivity index (χ4v) is 6.43. The molecule has 3 rings (SSSR count). The highest BCUT2D eigenvalue weighted by Crippen LogP contribution is 2.39. The summed E-state index contributed by atoms with van der Waals surface area (Å²) in [6, 6.07) is 27.9. The molecule has 0 radical (unpaired) electrons. The number of nitrogens with zero attached hydrogens (tertiary/aromatic N) is 1. The lowest BCUT2D eigenvalue weighted by Crippen LogP contribution is -2.11.